The molecule has 1 aromatic heterocycles. The van der Waals surface area contributed by atoms with Gasteiger partial charge in [-0.25, -0.2) is 4.98 Å². The Labute approximate surface area is 126 Å². The number of piperidine rings is 1. The van der Waals surface area contributed by atoms with Gasteiger partial charge in [0.15, 0.2) is 0 Å². The van der Waals surface area contributed by atoms with Gasteiger partial charge in [-0.05, 0) is 57.5 Å². The first-order valence-electron chi connectivity index (χ1n) is 7.84. The van der Waals surface area contributed by atoms with E-state index in [1.165, 1.54) is 32.4 Å². The topological polar surface area (TPSA) is 33.1 Å². The van der Waals surface area contributed by atoms with Gasteiger partial charge in [0.05, 0.1) is 0 Å². The van der Waals surface area contributed by atoms with Crippen molar-refractivity contribution in [3.63, 3.8) is 0 Å². The van der Waals surface area contributed by atoms with Crippen molar-refractivity contribution in [3.8, 4) is 5.69 Å². The third kappa shape index (κ3) is 3.64. The zero-order valence-corrected chi connectivity index (χ0v) is 12.7. The van der Waals surface area contributed by atoms with Crippen molar-refractivity contribution in [2.24, 2.45) is 5.92 Å². The molecule has 2 heterocycles. The van der Waals surface area contributed by atoms with Crippen LogP contribution in [0.15, 0.2) is 42.7 Å². The molecule has 112 valence electrons. The molecule has 4 nitrogen and oxygen atoms in total. The molecule has 0 aliphatic carbocycles. The summed E-state index contributed by atoms with van der Waals surface area (Å²) < 4.78 is 2.11. The van der Waals surface area contributed by atoms with E-state index in [1.54, 1.807) is 0 Å². The lowest BCUT2D eigenvalue weighted by atomic mass is 9.94. The highest BCUT2D eigenvalue weighted by Crippen LogP contribution is 2.20. The SMILES string of the molecule is CN1CCC(CCNc2nccn2-c2ccccc2)CC1. The predicted octanol–water partition coefficient (Wildman–Crippen LogP) is 3.02. The summed E-state index contributed by atoms with van der Waals surface area (Å²) in [6, 6.07) is 10.3. The zero-order valence-electron chi connectivity index (χ0n) is 12.7. The van der Waals surface area contributed by atoms with Crippen molar-refractivity contribution in [1.82, 2.24) is 14.5 Å². The van der Waals surface area contributed by atoms with Gasteiger partial charge in [-0.15, -0.1) is 0 Å². The number of hydrogen-bond acceptors (Lipinski definition) is 3. The number of rotatable bonds is 5. The number of anilines is 1. The van der Waals surface area contributed by atoms with E-state index in [-0.39, 0.29) is 0 Å². The van der Waals surface area contributed by atoms with Gasteiger partial charge in [0.25, 0.3) is 0 Å². The van der Waals surface area contributed by atoms with Crippen molar-refractivity contribution >= 4 is 5.95 Å². The molecule has 0 spiro atoms. The van der Waals surface area contributed by atoms with Gasteiger partial charge >= 0.3 is 0 Å². The van der Waals surface area contributed by atoms with Crippen LogP contribution in [-0.4, -0.2) is 41.1 Å². The van der Waals surface area contributed by atoms with E-state index < -0.39 is 0 Å². The Hall–Kier alpha value is -1.81. The van der Waals surface area contributed by atoms with Crippen LogP contribution in [0.1, 0.15) is 19.3 Å². The minimum Gasteiger partial charge on any atom is -0.355 e. The van der Waals surface area contributed by atoms with E-state index in [0.717, 1.165) is 24.1 Å². The molecule has 0 unspecified atom stereocenters. The van der Waals surface area contributed by atoms with E-state index in [9.17, 15) is 0 Å². The molecular weight excluding hydrogens is 260 g/mol. The molecule has 0 amide bonds. The highest BCUT2D eigenvalue weighted by atomic mass is 15.2. The van der Waals surface area contributed by atoms with Crippen molar-refractivity contribution < 1.29 is 0 Å². The Morgan fingerprint density at radius 1 is 1.19 bits per heavy atom. The van der Waals surface area contributed by atoms with Gasteiger partial charge in [0.2, 0.25) is 5.95 Å². The fraction of sp³-hybridized carbons (Fsp3) is 0.471. The first-order chi connectivity index (χ1) is 10.3. The number of hydrogen-bond donors (Lipinski definition) is 1. The third-order valence-electron chi connectivity index (χ3n) is 4.35. The quantitative estimate of drug-likeness (QED) is 0.916. The molecule has 0 bridgehead atoms. The minimum absolute atomic E-state index is 0.855. The summed E-state index contributed by atoms with van der Waals surface area (Å²) in [4.78, 5) is 6.85. The average molecular weight is 284 g/mol. The Morgan fingerprint density at radius 3 is 2.71 bits per heavy atom. The molecular formula is C17H24N4. The summed E-state index contributed by atoms with van der Waals surface area (Å²) in [7, 11) is 2.21. The number of imidazole rings is 1. The number of aromatic nitrogens is 2. The Balaban J connectivity index is 1.53. The Kier molecular flexibility index (Phi) is 4.55. The highest BCUT2D eigenvalue weighted by Gasteiger charge is 2.16. The standard InChI is InChI=1S/C17H24N4/c1-20-12-8-15(9-13-20)7-10-18-17-19-11-14-21(17)16-5-3-2-4-6-16/h2-6,11,14-15H,7-10,12-13H2,1H3,(H,18,19). The molecule has 1 aromatic carbocycles. The first-order valence-corrected chi connectivity index (χ1v) is 7.84. The Bertz CT molecular complexity index is 541. The first kappa shape index (κ1) is 14.1. The molecule has 2 aromatic rings. The molecule has 1 aliphatic heterocycles. The summed E-state index contributed by atoms with van der Waals surface area (Å²) in [6.07, 6.45) is 7.74. The van der Waals surface area contributed by atoms with Crippen molar-refractivity contribution in [3.05, 3.63) is 42.7 Å². The maximum Gasteiger partial charge on any atom is 0.207 e. The summed E-state index contributed by atoms with van der Waals surface area (Å²) >= 11 is 0. The average Bonchev–Trinajstić information content (AvgIpc) is 2.99. The molecule has 21 heavy (non-hydrogen) atoms. The lowest BCUT2D eigenvalue weighted by Crippen LogP contribution is -2.31. The maximum absolute atomic E-state index is 4.43. The van der Waals surface area contributed by atoms with E-state index in [1.807, 2.05) is 18.5 Å². The summed E-state index contributed by atoms with van der Waals surface area (Å²) in [5.41, 5.74) is 1.15. The number of para-hydroxylation sites is 1. The van der Waals surface area contributed by atoms with Gasteiger partial charge in [0, 0.05) is 24.6 Å². The fourth-order valence-corrected chi connectivity index (χ4v) is 2.97. The van der Waals surface area contributed by atoms with Crippen LogP contribution in [0.25, 0.3) is 5.69 Å². The maximum atomic E-state index is 4.43. The summed E-state index contributed by atoms with van der Waals surface area (Å²) in [5, 5.41) is 3.49. The minimum atomic E-state index is 0.855. The second kappa shape index (κ2) is 6.76. The van der Waals surface area contributed by atoms with Crippen LogP contribution in [0.5, 0.6) is 0 Å². The monoisotopic (exact) mass is 284 g/mol. The largest absolute Gasteiger partial charge is 0.355 e. The molecule has 3 rings (SSSR count). The Morgan fingerprint density at radius 2 is 1.95 bits per heavy atom. The van der Waals surface area contributed by atoms with E-state index in [2.05, 4.69) is 51.1 Å². The van der Waals surface area contributed by atoms with Crippen molar-refractivity contribution in [2.75, 3.05) is 32.0 Å². The molecule has 0 atom stereocenters. The fourth-order valence-electron chi connectivity index (χ4n) is 2.97. The van der Waals surface area contributed by atoms with Crippen LogP contribution in [0, 0.1) is 5.92 Å². The van der Waals surface area contributed by atoms with Crippen LogP contribution < -0.4 is 5.32 Å². The van der Waals surface area contributed by atoms with Crippen LogP contribution in [-0.2, 0) is 0 Å². The van der Waals surface area contributed by atoms with Gasteiger partial charge in [-0.1, -0.05) is 18.2 Å². The second-order valence-electron chi connectivity index (χ2n) is 5.92. The molecule has 0 radical (unpaired) electrons. The van der Waals surface area contributed by atoms with Crippen LogP contribution in [0.4, 0.5) is 5.95 Å². The van der Waals surface area contributed by atoms with Crippen LogP contribution >= 0.6 is 0 Å². The van der Waals surface area contributed by atoms with E-state index in [4.69, 9.17) is 0 Å². The van der Waals surface area contributed by atoms with Gasteiger partial charge in [-0.2, -0.15) is 0 Å². The smallest absolute Gasteiger partial charge is 0.207 e. The lowest BCUT2D eigenvalue weighted by Gasteiger charge is -2.28. The normalized spacial score (nSPS) is 17.0. The van der Waals surface area contributed by atoms with Crippen molar-refractivity contribution in [2.45, 2.75) is 19.3 Å². The summed E-state index contributed by atoms with van der Waals surface area (Å²) in [6.45, 7) is 3.48. The molecule has 4 heteroatoms. The number of nitrogens with one attached hydrogen (secondary N) is 1. The zero-order chi connectivity index (χ0) is 14.5. The second-order valence-corrected chi connectivity index (χ2v) is 5.92. The van der Waals surface area contributed by atoms with Crippen LogP contribution in [0.2, 0.25) is 0 Å². The van der Waals surface area contributed by atoms with Crippen molar-refractivity contribution in [1.29, 1.82) is 0 Å². The molecule has 1 aliphatic rings. The van der Waals surface area contributed by atoms with Gasteiger partial charge < -0.3 is 10.2 Å². The summed E-state index contributed by atoms with van der Waals surface area (Å²) in [5.74, 6) is 1.79. The van der Waals surface area contributed by atoms with E-state index >= 15 is 0 Å². The number of nitrogens with zero attached hydrogens (tertiary/aromatic N) is 3. The third-order valence-corrected chi connectivity index (χ3v) is 4.35. The lowest BCUT2D eigenvalue weighted by molar-refractivity contribution is 0.215. The van der Waals surface area contributed by atoms with Crippen LogP contribution in [0.3, 0.4) is 0 Å². The molecule has 1 fully saturated rings. The van der Waals surface area contributed by atoms with Gasteiger partial charge in [-0.3, -0.25) is 4.57 Å². The number of benzene rings is 1. The van der Waals surface area contributed by atoms with E-state index in [0.29, 0.717) is 0 Å². The highest BCUT2D eigenvalue weighted by molar-refractivity contribution is 5.41. The molecule has 0 saturated carbocycles. The number of likely N-dealkylation sites (tertiary alicyclic amines) is 1. The predicted molar refractivity (Wildman–Crippen MR) is 86.9 cm³/mol. The molecule has 1 saturated heterocycles. The molecule has 1 N–H and O–H groups in total. The van der Waals surface area contributed by atoms with Gasteiger partial charge in [0.1, 0.15) is 0 Å².